The zero-order valence-electron chi connectivity index (χ0n) is 4.96. The maximum Gasteiger partial charge on any atom is 0.0467 e. The second kappa shape index (κ2) is 4.22. The fraction of sp³-hybridized carbons (Fsp3) is 0.600. The summed E-state index contributed by atoms with van der Waals surface area (Å²) in [7, 11) is 0. The molecule has 3 nitrogen and oxygen atoms in total. The van der Waals surface area contributed by atoms with Crippen molar-refractivity contribution in [3.05, 3.63) is 22.6 Å². The van der Waals surface area contributed by atoms with Crippen molar-refractivity contribution in [2.75, 3.05) is 6.54 Å². The number of nitrogens with zero attached hydrogens (tertiary/aromatic N) is 3. The smallest absolute Gasteiger partial charge is 0.0467 e. The third-order valence-electron chi connectivity index (χ3n) is 0.858. The van der Waals surface area contributed by atoms with E-state index in [4.69, 9.17) is 5.53 Å². The molecule has 8 heavy (non-hydrogen) atoms. The van der Waals surface area contributed by atoms with E-state index in [-0.39, 0.29) is 0 Å². The van der Waals surface area contributed by atoms with Gasteiger partial charge in [-0.2, -0.15) is 0 Å². The summed E-state index contributed by atoms with van der Waals surface area (Å²) < 4.78 is 0. The molecule has 0 amide bonds. The van der Waals surface area contributed by atoms with Crippen LogP contribution < -0.4 is 0 Å². The van der Waals surface area contributed by atoms with Crippen molar-refractivity contribution in [2.24, 2.45) is 5.11 Å². The summed E-state index contributed by atoms with van der Waals surface area (Å²) in [5.74, 6) is 0. The van der Waals surface area contributed by atoms with E-state index in [2.05, 4.69) is 16.6 Å². The lowest BCUT2D eigenvalue weighted by atomic mass is 10.2. The number of rotatable bonds is 3. The molecule has 0 aliphatic carbocycles. The van der Waals surface area contributed by atoms with Crippen molar-refractivity contribution in [2.45, 2.75) is 13.3 Å². The van der Waals surface area contributed by atoms with Crippen LogP contribution in [0.1, 0.15) is 13.3 Å². The Hall–Kier alpha value is -0.950. The van der Waals surface area contributed by atoms with E-state index >= 15 is 0 Å². The zero-order chi connectivity index (χ0) is 6.41. The van der Waals surface area contributed by atoms with Gasteiger partial charge in [0, 0.05) is 11.5 Å². The van der Waals surface area contributed by atoms with Gasteiger partial charge in [0.15, 0.2) is 0 Å². The standard InChI is InChI=1S/C5H9N3/c1-3-5(2)4-7-8-6/h2-4H2,1H3. The zero-order valence-corrected chi connectivity index (χ0v) is 4.96. The van der Waals surface area contributed by atoms with Crippen LogP contribution in [0.2, 0.25) is 0 Å². The van der Waals surface area contributed by atoms with Gasteiger partial charge in [-0.15, -0.1) is 0 Å². The van der Waals surface area contributed by atoms with E-state index < -0.39 is 0 Å². The van der Waals surface area contributed by atoms with Crippen LogP contribution >= 0.6 is 0 Å². The Kier molecular flexibility index (Phi) is 3.71. The molecular formula is C5H9N3. The van der Waals surface area contributed by atoms with Crippen molar-refractivity contribution in [1.29, 1.82) is 0 Å². The molecule has 0 N–H and O–H groups in total. The maximum absolute atomic E-state index is 7.83. The molecular weight excluding hydrogens is 102 g/mol. The highest BCUT2D eigenvalue weighted by Crippen LogP contribution is 1.95. The third kappa shape index (κ3) is 3.25. The van der Waals surface area contributed by atoms with Gasteiger partial charge in [0.05, 0.1) is 0 Å². The minimum atomic E-state index is 0.438. The van der Waals surface area contributed by atoms with Gasteiger partial charge in [0.2, 0.25) is 0 Å². The second-order valence-corrected chi connectivity index (χ2v) is 1.49. The lowest BCUT2D eigenvalue weighted by Crippen LogP contribution is -1.80. The summed E-state index contributed by atoms with van der Waals surface area (Å²) in [6, 6.07) is 0. The Morgan fingerprint density at radius 2 is 2.50 bits per heavy atom. The van der Waals surface area contributed by atoms with Gasteiger partial charge in [-0.05, 0) is 12.0 Å². The van der Waals surface area contributed by atoms with Gasteiger partial charge in [-0.25, -0.2) is 0 Å². The first-order chi connectivity index (χ1) is 3.81. The van der Waals surface area contributed by atoms with E-state index in [0.29, 0.717) is 6.54 Å². The molecule has 44 valence electrons. The predicted molar refractivity (Wildman–Crippen MR) is 33.4 cm³/mol. The van der Waals surface area contributed by atoms with Crippen LogP contribution in [0.15, 0.2) is 17.3 Å². The molecule has 0 atom stereocenters. The van der Waals surface area contributed by atoms with Crippen LogP contribution in [0.25, 0.3) is 10.4 Å². The Morgan fingerprint density at radius 1 is 1.88 bits per heavy atom. The molecule has 0 rings (SSSR count). The highest BCUT2D eigenvalue weighted by molar-refractivity contribution is 4.94. The summed E-state index contributed by atoms with van der Waals surface area (Å²) >= 11 is 0. The van der Waals surface area contributed by atoms with E-state index in [1.54, 1.807) is 0 Å². The maximum atomic E-state index is 7.83. The summed E-state index contributed by atoms with van der Waals surface area (Å²) in [4.78, 5) is 2.59. The summed E-state index contributed by atoms with van der Waals surface area (Å²) in [6.07, 6.45) is 0.888. The van der Waals surface area contributed by atoms with Gasteiger partial charge in [0.25, 0.3) is 0 Å². The molecule has 0 aliphatic rings. The highest BCUT2D eigenvalue weighted by Gasteiger charge is 1.82. The van der Waals surface area contributed by atoms with Crippen LogP contribution in [0, 0.1) is 0 Å². The Balaban J connectivity index is 3.39. The van der Waals surface area contributed by atoms with Crippen LogP contribution in [-0.4, -0.2) is 6.54 Å². The van der Waals surface area contributed by atoms with Crippen LogP contribution in [0.5, 0.6) is 0 Å². The SMILES string of the molecule is C=C(CC)CN=[N+]=[N-]. The molecule has 0 heterocycles. The lowest BCUT2D eigenvalue weighted by molar-refractivity contribution is 1.01. The molecule has 0 saturated heterocycles. The normalized spacial score (nSPS) is 7.62. The molecule has 0 radical (unpaired) electrons. The molecule has 0 aromatic rings. The monoisotopic (exact) mass is 111 g/mol. The summed E-state index contributed by atoms with van der Waals surface area (Å²) in [5.41, 5.74) is 8.80. The Morgan fingerprint density at radius 3 is 2.88 bits per heavy atom. The van der Waals surface area contributed by atoms with Crippen LogP contribution in [-0.2, 0) is 0 Å². The predicted octanol–water partition coefficient (Wildman–Crippen LogP) is 2.26. The van der Waals surface area contributed by atoms with Gasteiger partial charge < -0.3 is 0 Å². The molecule has 0 aromatic heterocycles. The van der Waals surface area contributed by atoms with Gasteiger partial charge in [-0.1, -0.05) is 24.2 Å². The van der Waals surface area contributed by atoms with Crippen molar-refractivity contribution >= 4 is 0 Å². The quantitative estimate of drug-likeness (QED) is 0.232. The summed E-state index contributed by atoms with van der Waals surface area (Å²) in [5, 5.41) is 3.32. The molecule has 0 fully saturated rings. The first-order valence-electron chi connectivity index (χ1n) is 2.48. The lowest BCUT2D eigenvalue weighted by Gasteiger charge is -1.89. The minimum absolute atomic E-state index is 0.438. The Bertz CT molecular complexity index is 122. The van der Waals surface area contributed by atoms with Crippen molar-refractivity contribution in [1.82, 2.24) is 0 Å². The van der Waals surface area contributed by atoms with E-state index in [9.17, 15) is 0 Å². The average molecular weight is 111 g/mol. The Labute approximate surface area is 48.6 Å². The largest absolute Gasteiger partial charge is 0.0997 e. The molecule has 0 aliphatic heterocycles. The fourth-order valence-electron chi connectivity index (χ4n) is 0.243. The van der Waals surface area contributed by atoms with Gasteiger partial charge in [0.1, 0.15) is 0 Å². The molecule has 0 spiro atoms. The number of hydrogen-bond acceptors (Lipinski definition) is 1. The number of azide groups is 1. The van der Waals surface area contributed by atoms with Crippen molar-refractivity contribution < 1.29 is 0 Å². The van der Waals surface area contributed by atoms with E-state index in [0.717, 1.165) is 12.0 Å². The first kappa shape index (κ1) is 7.05. The highest BCUT2D eigenvalue weighted by atomic mass is 15.1. The van der Waals surface area contributed by atoms with Gasteiger partial charge in [-0.3, -0.25) is 0 Å². The number of hydrogen-bond donors (Lipinski definition) is 0. The van der Waals surface area contributed by atoms with E-state index in [1.165, 1.54) is 0 Å². The third-order valence-corrected chi connectivity index (χ3v) is 0.858. The second-order valence-electron chi connectivity index (χ2n) is 1.49. The average Bonchev–Trinajstić information content (AvgIpc) is 1.83. The van der Waals surface area contributed by atoms with Crippen molar-refractivity contribution in [3.63, 3.8) is 0 Å². The molecule has 3 heteroatoms. The molecule has 0 bridgehead atoms. The van der Waals surface area contributed by atoms with Crippen LogP contribution in [0.3, 0.4) is 0 Å². The first-order valence-corrected chi connectivity index (χ1v) is 2.48. The minimum Gasteiger partial charge on any atom is -0.0997 e. The van der Waals surface area contributed by atoms with Crippen LogP contribution in [0.4, 0.5) is 0 Å². The fourth-order valence-corrected chi connectivity index (χ4v) is 0.243. The topological polar surface area (TPSA) is 48.8 Å². The molecule has 0 unspecified atom stereocenters. The summed E-state index contributed by atoms with van der Waals surface area (Å²) in [6.45, 7) is 6.06. The van der Waals surface area contributed by atoms with Gasteiger partial charge >= 0.3 is 0 Å². The van der Waals surface area contributed by atoms with E-state index in [1.807, 2.05) is 6.92 Å². The molecule has 0 saturated carbocycles. The van der Waals surface area contributed by atoms with Crippen molar-refractivity contribution in [3.8, 4) is 0 Å². The molecule has 0 aromatic carbocycles.